The smallest absolute Gasteiger partial charge is 0.146 e. The minimum atomic E-state index is -0.104. The lowest BCUT2D eigenvalue weighted by molar-refractivity contribution is 0.566. The van der Waals surface area contributed by atoms with Gasteiger partial charge in [0.1, 0.15) is 5.82 Å². The highest BCUT2D eigenvalue weighted by Crippen LogP contribution is 2.30. The molecule has 0 aliphatic carbocycles. The largest absolute Gasteiger partial charge is 0.369 e. The second-order valence-electron chi connectivity index (χ2n) is 4.80. The molecule has 2 N–H and O–H groups in total. The fourth-order valence-corrected chi connectivity index (χ4v) is 2.64. The van der Waals surface area contributed by atoms with Crippen LogP contribution in [0.2, 0.25) is 0 Å². The van der Waals surface area contributed by atoms with E-state index in [1.165, 1.54) is 12.8 Å². The molecule has 1 aliphatic rings. The van der Waals surface area contributed by atoms with E-state index in [0.717, 1.165) is 30.8 Å². The maximum atomic E-state index is 14.0. The minimum Gasteiger partial charge on any atom is -0.369 e. The fourth-order valence-electron chi connectivity index (χ4n) is 2.64. The lowest BCUT2D eigenvalue weighted by atomic mass is 10.1. The third-order valence-electron chi connectivity index (χ3n) is 3.66. The van der Waals surface area contributed by atoms with Crippen LogP contribution in [0.25, 0.3) is 0 Å². The highest BCUT2D eigenvalue weighted by atomic mass is 19.1. The molecule has 0 spiro atoms. The van der Waals surface area contributed by atoms with Gasteiger partial charge in [-0.3, -0.25) is 0 Å². The molecule has 17 heavy (non-hydrogen) atoms. The van der Waals surface area contributed by atoms with Crippen LogP contribution in [-0.4, -0.2) is 19.6 Å². The van der Waals surface area contributed by atoms with Crippen molar-refractivity contribution < 1.29 is 4.39 Å². The average Bonchev–Trinajstić information content (AvgIpc) is 2.78. The first-order chi connectivity index (χ1) is 8.26. The first-order valence-corrected chi connectivity index (χ1v) is 6.48. The predicted octanol–water partition coefficient (Wildman–Crippen LogP) is 2.56. The fraction of sp³-hybridized carbons (Fsp3) is 0.571. The van der Waals surface area contributed by atoms with Crippen LogP contribution in [0.4, 0.5) is 10.1 Å². The average molecular weight is 236 g/mol. The summed E-state index contributed by atoms with van der Waals surface area (Å²) in [4.78, 5) is 2.19. The van der Waals surface area contributed by atoms with Gasteiger partial charge >= 0.3 is 0 Å². The maximum absolute atomic E-state index is 14.0. The van der Waals surface area contributed by atoms with Gasteiger partial charge in [-0.25, -0.2) is 4.39 Å². The Bertz CT molecular complexity index is 378. The van der Waals surface area contributed by atoms with Crippen molar-refractivity contribution in [1.82, 2.24) is 0 Å². The predicted molar refractivity (Wildman–Crippen MR) is 69.8 cm³/mol. The molecular formula is C14H21FN2. The van der Waals surface area contributed by atoms with E-state index in [2.05, 4.69) is 11.8 Å². The Morgan fingerprint density at radius 1 is 1.47 bits per heavy atom. The lowest BCUT2D eigenvalue weighted by Gasteiger charge is -2.22. The molecule has 1 unspecified atom stereocenters. The van der Waals surface area contributed by atoms with E-state index >= 15 is 0 Å². The number of para-hydroxylation sites is 1. The molecule has 2 rings (SSSR count). The van der Waals surface area contributed by atoms with Crippen LogP contribution in [0.5, 0.6) is 0 Å². The molecule has 0 aromatic heterocycles. The molecule has 1 aromatic carbocycles. The summed E-state index contributed by atoms with van der Waals surface area (Å²) in [6.07, 6.45) is 3.10. The summed E-state index contributed by atoms with van der Waals surface area (Å²) in [6.45, 7) is 4.73. The number of nitrogens with two attached hydrogens (primary N) is 1. The van der Waals surface area contributed by atoms with Crippen LogP contribution in [0.1, 0.15) is 25.3 Å². The summed E-state index contributed by atoms with van der Waals surface area (Å²) in [6, 6.07) is 5.32. The van der Waals surface area contributed by atoms with Crippen LogP contribution < -0.4 is 10.6 Å². The quantitative estimate of drug-likeness (QED) is 0.870. The summed E-state index contributed by atoms with van der Waals surface area (Å²) in [5.74, 6) is 0.605. The van der Waals surface area contributed by atoms with Gasteiger partial charge in [-0.15, -0.1) is 0 Å². The van der Waals surface area contributed by atoms with E-state index in [1.54, 1.807) is 12.1 Å². The molecule has 0 amide bonds. The molecule has 0 saturated carbocycles. The van der Waals surface area contributed by atoms with E-state index in [9.17, 15) is 4.39 Å². The molecule has 1 aliphatic heterocycles. The van der Waals surface area contributed by atoms with Gasteiger partial charge in [-0.1, -0.05) is 25.5 Å². The Kier molecular flexibility index (Phi) is 4.00. The zero-order valence-corrected chi connectivity index (χ0v) is 10.5. The molecule has 1 atom stereocenters. The van der Waals surface area contributed by atoms with Crippen molar-refractivity contribution >= 4 is 5.69 Å². The second kappa shape index (κ2) is 5.50. The van der Waals surface area contributed by atoms with Crippen molar-refractivity contribution in [2.75, 3.05) is 24.5 Å². The van der Waals surface area contributed by atoms with Crippen molar-refractivity contribution in [3.05, 3.63) is 29.6 Å². The Morgan fingerprint density at radius 3 is 2.94 bits per heavy atom. The first-order valence-electron chi connectivity index (χ1n) is 6.48. The Balaban J connectivity index is 2.24. The van der Waals surface area contributed by atoms with E-state index in [1.807, 2.05) is 6.07 Å². The van der Waals surface area contributed by atoms with Gasteiger partial charge in [-0.2, -0.15) is 0 Å². The summed E-state index contributed by atoms with van der Waals surface area (Å²) < 4.78 is 14.0. The molecule has 1 aromatic rings. The highest BCUT2D eigenvalue weighted by molar-refractivity contribution is 5.55. The van der Waals surface area contributed by atoms with Gasteiger partial charge in [0, 0.05) is 13.1 Å². The molecular weight excluding hydrogens is 215 g/mol. The normalized spacial score (nSPS) is 19.9. The van der Waals surface area contributed by atoms with Crippen LogP contribution >= 0.6 is 0 Å². The summed E-state index contributed by atoms with van der Waals surface area (Å²) in [7, 11) is 0. The first kappa shape index (κ1) is 12.4. The molecule has 1 heterocycles. The standard InChI is InChI=1S/C14H21FN2/c1-2-11-7-9-17(10-11)14-12(6-8-16)4-3-5-13(14)15/h3-5,11H,2,6-10,16H2,1H3. The third-order valence-corrected chi connectivity index (χ3v) is 3.66. The van der Waals surface area contributed by atoms with Crippen LogP contribution in [-0.2, 0) is 6.42 Å². The molecule has 2 nitrogen and oxygen atoms in total. The van der Waals surface area contributed by atoms with Gasteiger partial charge in [0.15, 0.2) is 0 Å². The topological polar surface area (TPSA) is 29.3 Å². The maximum Gasteiger partial charge on any atom is 0.146 e. The summed E-state index contributed by atoms with van der Waals surface area (Å²) in [5.41, 5.74) is 7.42. The van der Waals surface area contributed by atoms with E-state index in [0.29, 0.717) is 12.5 Å². The second-order valence-corrected chi connectivity index (χ2v) is 4.80. The third kappa shape index (κ3) is 2.60. The Labute approximate surface area is 103 Å². The Hall–Kier alpha value is -1.09. The van der Waals surface area contributed by atoms with Gasteiger partial charge < -0.3 is 10.6 Å². The number of nitrogens with zero attached hydrogens (tertiary/aromatic N) is 1. The zero-order valence-electron chi connectivity index (χ0n) is 10.5. The number of rotatable bonds is 4. The van der Waals surface area contributed by atoms with Gasteiger partial charge in [0.2, 0.25) is 0 Å². The number of benzene rings is 1. The van der Waals surface area contributed by atoms with Gasteiger partial charge in [0.05, 0.1) is 5.69 Å². The molecule has 94 valence electrons. The Morgan fingerprint density at radius 2 is 2.29 bits per heavy atom. The van der Waals surface area contributed by atoms with Crippen molar-refractivity contribution in [2.45, 2.75) is 26.2 Å². The van der Waals surface area contributed by atoms with Crippen LogP contribution in [0, 0.1) is 11.7 Å². The van der Waals surface area contributed by atoms with E-state index in [-0.39, 0.29) is 5.82 Å². The molecule has 0 radical (unpaired) electrons. The number of hydrogen-bond acceptors (Lipinski definition) is 2. The summed E-state index contributed by atoms with van der Waals surface area (Å²) >= 11 is 0. The number of hydrogen-bond donors (Lipinski definition) is 1. The minimum absolute atomic E-state index is 0.104. The van der Waals surface area contributed by atoms with Crippen molar-refractivity contribution in [1.29, 1.82) is 0 Å². The molecule has 3 heteroatoms. The lowest BCUT2D eigenvalue weighted by Crippen LogP contribution is -2.23. The van der Waals surface area contributed by atoms with Gasteiger partial charge in [-0.05, 0) is 36.9 Å². The summed E-state index contributed by atoms with van der Waals surface area (Å²) in [5, 5.41) is 0. The van der Waals surface area contributed by atoms with E-state index in [4.69, 9.17) is 5.73 Å². The van der Waals surface area contributed by atoms with E-state index < -0.39 is 0 Å². The van der Waals surface area contributed by atoms with Crippen molar-refractivity contribution in [2.24, 2.45) is 11.7 Å². The molecule has 1 fully saturated rings. The highest BCUT2D eigenvalue weighted by Gasteiger charge is 2.24. The van der Waals surface area contributed by atoms with Crippen LogP contribution in [0.15, 0.2) is 18.2 Å². The zero-order chi connectivity index (χ0) is 12.3. The van der Waals surface area contributed by atoms with Crippen LogP contribution in [0.3, 0.4) is 0 Å². The number of anilines is 1. The van der Waals surface area contributed by atoms with Crippen molar-refractivity contribution in [3.63, 3.8) is 0 Å². The SMILES string of the molecule is CCC1CCN(c2c(F)cccc2CCN)C1. The molecule has 0 bridgehead atoms. The monoisotopic (exact) mass is 236 g/mol. The number of halogens is 1. The molecule has 1 saturated heterocycles. The van der Waals surface area contributed by atoms with Gasteiger partial charge in [0.25, 0.3) is 0 Å². The van der Waals surface area contributed by atoms with Crippen molar-refractivity contribution in [3.8, 4) is 0 Å².